The van der Waals surface area contributed by atoms with E-state index in [-0.39, 0.29) is 10.4 Å². The number of rotatable bonds is 7. The van der Waals surface area contributed by atoms with E-state index in [2.05, 4.69) is 10.3 Å². The van der Waals surface area contributed by atoms with Gasteiger partial charge in [0.1, 0.15) is 11.8 Å². The summed E-state index contributed by atoms with van der Waals surface area (Å²) < 4.78 is 5.72. The van der Waals surface area contributed by atoms with Gasteiger partial charge in [0.05, 0.1) is 12.7 Å². The summed E-state index contributed by atoms with van der Waals surface area (Å²) in [5.41, 5.74) is 2.66. The fourth-order valence-corrected chi connectivity index (χ4v) is 3.26. The van der Waals surface area contributed by atoms with Gasteiger partial charge in [0.15, 0.2) is 0 Å². The standard InChI is InChI=1S/C19H20N2O4S/c1-12(22)14-4-5-15(20-11-14)8-9-25-16-6-2-13(3-7-16)10-17-18(23)26-19(24)21-17/h2-7,11-12,17,22H,8-10H2,1H3,(H,21,24). The molecule has 0 bridgehead atoms. The monoisotopic (exact) mass is 372 g/mol. The van der Waals surface area contributed by atoms with E-state index in [1.165, 1.54) is 0 Å². The van der Waals surface area contributed by atoms with Crippen LogP contribution in [0.15, 0.2) is 42.6 Å². The molecule has 1 saturated heterocycles. The quantitative estimate of drug-likeness (QED) is 0.777. The third-order valence-electron chi connectivity index (χ3n) is 4.09. The molecular weight excluding hydrogens is 352 g/mol. The Balaban J connectivity index is 1.47. The van der Waals surface area contributed by atoms with Crippen LogP contribution in [0.3, 0.4) is 0 Å². The van der Waals surface area contributed by atoms with Crippen molar-refractivity contribution in [2.24, 2.45) is 0 Å². The highest BCUT2D eigenvalue weighted by Gasteiger charge is 2.31. The van der Waals surface area contributed by atoms with Crippen LogP contribution in [0.2, 0.25) is 0 Å². The number of carbonyl (C=O) groups excluding carboxylic acids is 2. The molecule has 1 aliphatic heterocycles. The van der Waals surface area contributed by atoms with Crippen molar-refractivity contribution in [1.82, 2.24) is 10.3 Å². The molecule has 26 heavy (non-hydrogen) atoms. The topological polar surface area (TPSA) is 88.5 Å². The summed E-state index contributed by atoms with van der Waals surface area (Å²) >= 11 is 0.729. The number of carbonyl (C=O) groups is 2. The molecule has 2 N–H and O–H groups in total. The number of aliphatic hydroxyl groups is 1. The molecule has 0 spiro atoms. The number of hydrogen-bond donors (Lipinski definition) is 2. The van der Waals surface area contributed by atoms with Gasteiger partial charge in [-0.15, -0.1) is 0 Å². The Morgan fingerprint density at radius 3 is 2.58 bits per heavy atom. The number of amides is 1. The summed E-state index contributed by atoms with van der Waals surface area (Å²) in [4.78, 5) is 27.1. The molecule has 1 amide bonds. The minimum atomic E-state index is -0.516. The molecule has 2 atom stereocenters. The first-order valence-electron chi connectivity index (χ1n) is 8.38. The number of aliphatic hydroxyl groups excluding tert-OH is 1. The smallest absolute Gasteiger partial charge is 0.287 e. The number of nitrogens with zero attached hydrogens (tertiary/aromatic N) is 1. The zero-order chi connectivity index (χ0) is 18.5. The van der Waals surface area contributed by atoms with Crippen molar-refractivity contribution >= 4 is 22.1 Å². The molecule has 2 aromatic rings. The SMILES string of the molecule is CC(O)c1ccc(CCOc2ccc(CC3NC(=O)SC3=O)cc2)nc1. The molecule has 0 saturated carbocycles. The first-order valence-corrected chi connectivity index (χ1v) is 9.20. The number of aromatic nitrogens is 1. The lowest BCUT2D eigenvalue weighted by atomic mass is 10.1. The molecule has 1 aliphatic rings. The number of nitrogens with one attached hydrogen (secondary N) is 1. The lowest BCUT2D eigenvalue weighted by Gasteiger charge is -2.10. The summed E-state index contributed by atoms with van der Waals surface area (Å²) in [5, 5.41) is 11.7. The van der Waals surface area contributed by atoms with Crippen LogP contribution >= 0.6 is 11.8 Å². The van der Waals surface area contributed by atoms with E-state index in [4.69, 9.17) is 4.74 Å². The maximum atomic E-state index is 11.6. The second kappa shape index (κ2) is 8.33. The van der Waals surface area contributed by atoms with Crippen molar-refractivity contribution < 1.29 is 19.4 Å². The van der Waals surface area contributed by atoms with E-state index in [1.54, 1.807) is 13.1 Å². The van der Waals surface area contributed by atoms with E-state index in [0.717, 1.165) is 34.3 Å². The normalized spacial score (nSPS) is 17.8. The predicted octanol–water partition coefficient (Wildman–Crippen LogP) is 2.65. The maximum absolute atomic E-state index is 11.6. The Morgan fingerprint density at radius 2 is 2.00 bits per heavy atom. The van der Waals surface area contributed by atoms with E-state index < -0.39 is 12.1 Å². The van der Waals surface area contributed by atoms with Crippen LogP contribution < -0.4 is 10.1 Å². The van der Waals surface area contributed by atoms with Gasteiger partial charge in [0.25, 0.3) is 5.24 Å². The van der Waals surface area contributed by atoms with Crippen LogP contribution in [0, 0.1) is 0 Å². The highest BCUT2D eigenvalue weighted by Crippen LogP contribution is 2.20. The molecule has 1 aromatic carbocycles. The zero-order valence-corrected chi connectivity index (χ0v) is 15.2. The van der Waals surface area contributed by atoms with Gasteiger partial charge in [-0.05, 0) is 36.2 Å². The first-order chi connectivity index (χ1) is 12.5. The minimum Gasteiger partial charge on any atom is -0.493 e. The summed E-state index contributed by atoms with van der Waals surface area (Å²) in [5.74, 6) is 0.741. The molecule has 0 aliphatic carbocycles. The van der Waals surface area contributed by atoms with Gasteiger partial charge in [-0.1, -0.05) is 18.2 Å². The number of pyridine rings is 1. The summed E-state index contributed by atoms with van der Waals surface area (Å²) in [6.07, 6.45) is 2.31. The Morgan fingerprint density at radius 1 is 1.23 bits per heavy atom. The van der Waals surface area contributed by atoms with Crippen molar-refractivity contribution in [3.63, 3.8) is 0 Å². The molecule has 7 heteroatoms. The fourth-order valence-electron chi connectivity index (χ4n) is 2.59. The summed E-state index contributed by atoms with van der Waals surface area (Å²) in [7, 11) is 0. The summed E-state index contributed by atoms with van der Waals surface area (Å²) in [6.45, 7) is 2.20. The fraction of sp³-hybridized carbons (Fsp3) is 0.316. The number of hydrogen-bond acceptors (Lipinski definition) is 6. The van der Waals surface area contributed by atoms with Gasteiger partial charge in [0, 0.05) is 36.5 Å². The molecule has 2 unspecified atom stereocenters. The van der Waals surface area contributed by atoms with Crippen LogP contribution in [-0.4, -0.2) is 33.1 Å². The second-order valence-electron chi connectivity index (χ2n) is 6.11. The molecular formula is C19H20N2O4S. The van der Waals surface area contributed by atoms with Crippen molar-refractivity contribution in [3.05, 3.63) is 59.4 Å². The third-order valence-corrected chi connectivity index (χ3v) is 4.88. The van der Waals surface area contributed by atoms with E-state index in [0.29, 0.717) is 19.4 Å². The largest absolute Gasteiger partial charge is 0.493 e. The first kappa shape index (κ1) is 18.4. The van der Waals surface area contributed by atoms with Gasteiger partial charge in [-0.2, -0.15) is 0 Å². The highest BCUT2D eigenvalue weighted by atomic mass is 32.2. The Labute approximate surface area is 156 Å². The van der Waals surface area contributed by atoms with Crippen molar-refractivity contribution in [3.8, 4) is 5.75 Å². The van der Waals surface area contributed by atoms with E-state index in [9.17, 15) is 14.7 Å². The van der Waals surface area contributed by atoms with Crippen LogP contribution in [0.4, 0.5) is 4.79 Å². The lowest BCUT2D eigenvalue weighted by molar-refractivity contribution is -0.112. The average Bonchev–Trinajstić information content (AvgIpc) is 2.94. The van der Waals surface area contributed by atoms with Crippen molar-refractivity contribution in [1.29, 1.82) is 0 Å². The van der Waals surface area contributed by atoms with Gasteiger partial charge in [-0.3, -0.25) is 14.6 Å². The molecule has 1 aromatic heterocycles. The number of benzene rings is 1. The Hall–Kier alpha value is -2.38. The maximum Gasteiger partial charge on any atom is 0.287 e. The van der Waals surface area contributed by atoms with Gasteiger partial charge < -0.3 is 15.2 Å². The van der Waals surface area contributed by atoms with Crippen LogP contribution in [-0.2, 0) is 17.6 Å². The van der Waals surface area contributed by atoms with Crippen molar-refractivity contribution in [2.75, 3.05) is 6.61 Å². The van der Waals surface area contributed by atoms with E-state index in [1.807, 2.05) is 36.4 Å². The highest BCUT2D eigenvalue weighted by molar-refractivity contribution is 8.26. The Bertz CT molecular complexity index is 775. The lowest BCUT2D eigenvalue weighted by Crippen LogP contribution is -2.30. The molecule has 6 nitrogen and oxygen atoms in total. The molecule has 2 heterocycles. The van der Waals surface area contributed by atoms with Gasteiger partial charge >= 0.3 is 0 Å². The zero-order valence-electron chi connectivity index (χ0n) is 14.3. The Kier molecular flexibility index (Phi) is 5.90. The van der Waals surface area contributed by atoms with Crippen LogP contribution in [0.1, 0.15) is 29.8 Å². The van der Waals surface area contributed by atoms with E-state index >= 15 is 0 Å². The second-order valence-corrected chi connectivity index (χ2v) is 7.09. The molecule has 1 fully saturated rings. The minimum absolute atomic E-state index is 0.135. The molecule has 3 rings (SSSR count). The van der Waals surface area contributed by atoms with Crippen molar-refractivity contribution in [2.45, 2.75) is 31.9 Å². The van der Waals surface area contributed by atoms with Gasteiger partial charge in [-0.25, -0.2) is 0 Å². The van der Waals surface area contributed by atoms with Gasteiger partial charge in [0.2, 0.25) is 5.12 Å². The number of ether oxygens (including phenoxy) is 1. The average molecular weight is 372 g/mol. The number of thioether (sulfide) groups is 1. The summed E-state index contributed by atoms with van der Waals surface area (Å²) in [6, 6.07) is 10.8. The predicted molar refractivity (Wildman–Crippen MR) is 99.1 cm³/mol. The third kappa shape index (κ3) is 4.83. The molecule has 136 valence electrons. The van der Waals surface area contributed by atoms with Crippen LogP contribution in [0.5, 0.6) is 5.75 Å². The molecule has 0 radical (unpaired) electrons. The van der Waals surface area contributed by atoms with Crippen LogP contribution in [0.25, 0.3) is 0 Å².